The summed E-state index contributed by atoms with van der Waals surface area (Å²) in [4.78, 5) is 30.3. The quantitative estimate of drug-likeness (QED) is 0.617. The lowest BCUT2D eigenvalue weighted by Gasteiger charge is -2.37. The lowest BCUT2D eigenvalue weighted by Crippen LogP contribution is -2.34. The van der Waals surface area contributed by atoms with E-state index in [0.29, 0.717) is 47.7 Å². The fourth-order valence-corrected chi connectivity index (χ4v) is 6.06. The minimum Gasteiger partial charge on any atom is -0.449 e. The second kappa shape index (κ2) is 8.32. The van der Waals surface area contributed by atoms with E-state index in [1.165, 1.54) is 11.3 Å². The topological polar surface area (TPSA) is 124 Å². The predicted molar refractivity (Wildman–Crippen MR) is 115 cm³/mol. The van der Waals surface area contributed by atoms with Gasteiger partial charge in [-0.2, -0.15) is 4.98 Å². The highest BCUT2D eigenvalue weighted by molar-refractivity contribution is 7.17. The van der Waals surface area contributed by atoms with Gasteiger partial charge in [0.2, 0.25) is 0 Å². The number of nitrogens with one attached hydrogen (secondary N) is 1. The first-order valence-electron chi connectivity index (χ1n) is 10.9. The van der Waals surface area contributed by atoms with Crippen LogP contribution in [0.25, 0.3) is 11.5 Å². The third-order valence-corrected chi connectivity index (χ3v) is 7.55. The zero-order valence-corrected chi connectivity index (χ0v) is 18.8. The normalized spacial score (nSPS) is 22.2. The van der Waals surface area contributed by atoms with Gasteiger partial charge in [-0.05, 0) is 43.6 Å². The van der Waals surface area contributed by atoms with Crippen LogP contribution in [0.15, 0.2) is 15.9 Å². The predicted octanol–water partition coefficient (Wildman–Crippen LogP) is 4.70. The summed E-state index contributed by atoms with van der Waals surface area (Å²) in [5.41, 5.74) is 2.25. The molecule has 2 aromatic rings. The molecule has 2 N–H and O–H groups in total. The van der Waals surface area contributed by atoms with Gasteiger partial charge in [-0.25, -0.2) is 4.79 Å². The van der Waals surface area contributed by atoms with Gasteiger partial charge in [0.05, 0.1) is 24.4 Å². The van der Waals surface area contributed by atoms with Crippen molar-refractivity contribution in [3.63, 3.8) is 0 Å². The van der Waals surface area contributed by atoms with Gasteiger partial charge < -0.3 is 24.4 Å². The molecule has 2 aromatic heterocycles. The number of thiophene rings is 1. The van der Waals surface area contributed by atoms with E-state index in [9.17, 15) is 14.7 Å². The van der Waals surface area contributed by atoms with Crippen LogP contribution in [0, 0.1) is 11.8 Å². The molecule has 10 heteroatoms. The minimum absolute atomic E-state index is 0.00617. The van der Waals surface area contributed by atoms with Crippen LogP contribution in [0.1, 0.15) is 61.7 Å². The number of amides is 1. The Hall–Kier alpha value is -2.72. The number of nitrogens with zero attached hydrogens (tertiary/aromatic N) is 2. The fraction of sp³-hybridized carbons (Fsp3) is 0.545. The monoisotopic (exact) mass is 459 g/mol. The Morgan fingerprint density at radius 3 is 2.66 bits per heavy atom. The van der Waals surface area contributed by atoms with Gasteiger partial charge in [-0.1, -0.05) is 19.0 Å². The molecule has 1 amide bonds. The van der Waals surface area contributed by atoms with Crippen molar-refractivity contribution in [2.75, 3.05) is 11.9 Å². The largest absolute Gasteiger partial charge is 0.511 e. The highest BCUT2D eigenvalue weighted by Gasteiger charge is 2.41. The average Bonchev–Trinajstić information content (AvgIpc) is 3.38. The Morgan fingerprint density at radius 2 is 1.97 bits per heavy atom. The van der Waals surface area contributed by atoms with Crippen molar-refractivity contribution in [1.82, 2.24) is 10.1 Å². The SMILES string of the molecule is CC(C)c1noc(-c2c(NC(=O)C3=C(OC(=O)O)C4CCC3CC4)sc3c2CCOC3)n1. The Kier molecular flexibility index (Phi) is 5.50. The Labute approximate surface area is 188 Å². The molecule has 0 unspecified atom stereocenters. The molecule has 9 nitrogen and oxygen atoms in total. The van der Waals surface area contributed by atoms with Crippen LogP contribution < -0.4 is 5.32 Å². The van der Waals surface area contributed by atoms with Crippen LogP contribution in [0.4, 0.5) is 9.80 Å². The van der Waals surface area contributed by atoms with Gasteiger partial charge in [0, 0.05) is 16.7 Å². The number of anilines is 1. The Morgan fingerprint density at radius 1 is 1.22 bits per heavy atom. The summed E-state index contributed by atoms with van der Waals surface area (Å²) >= 11 is 1.44. The summed E-state index contributed by atoms with van der Waals surface area (Å²) in [7, 11) is 0. The number of hydrogen-bond donors (Lipinski definition) is 2. The molecule has 0 radical (unpaired) electrons. The molecule has 1 saturated carbocycles. The standard InChI is InChI=1S/C22H25N3O6S/c1-10(2)18-23-20(31-25-18)16-13-7-8-29-9-14(13)32-21(16)24-19(26)15-11-3-5-12(6-4-11)17(15)30-22(27)28/h10-12H,3-9H2,1-2H3,(H,24,26)(H,27,28). The van der Waals surface area contributed by atoms with Crippen molar-refractivity contribution in [3.8, 4) is 11.5 Å². The van der Waals surface area contributed by atoms with E-state index < -0.39 is 6.16 Å². The molecule has 32 heavy (non-hydrogen) atoms. The van der Waals surface area contributed by atoms with E-state index >= 15 is 0 Å². The molecule has 0 saturated heterocycles. The molecule has 4 aliphatic rings. The molecule has 170 valence electrons. The minimum atomic E-state index is -1.38. The molecule has 0 spiro atoms. The zero-order chi connectivity index (χ0) is 22.4. The summed E-state index contributed by atoms with van der Waals surface area (Å²) in [5, 5.41) is 16.9. The number of aromatic nitrogens is 2. The lowest BCUT2D eigenvalue weighted by atomic mass is 9.70. The summed E-state index contributed by atoms with van der Waals surface area (Å²) in [5.74, 6) is 1.07. The average molecular weight is 460 g/mol. The van der Waals surface area contributed by atoms with Crippen molar-refractivity contribution in [3.05, 3.63) is 27.6 Å². The fourth-order valence-electron chi connectivity index (χ4n) is 4.88. The van der Waals surface area contributed by atoms with E-state index in [1.807, 2.05) is 13.8 Å². The van der Waals surface area contributed by atoms with Crippen molar-refractivity contribution in [1.29, 1.82) is 0 Å². The lowest BCUT2D eigenvalue weighted by molar-refractivity contribution is -0.114. The number of hydrogen-bond acceptors (Lipinski definition) is 8. The van der Waals surface area contributed by atoms with E-state index in [-0.39, 0.29) is 23.7 Å². The van der Waals surface area contributed by atoms with Crippen molar-refractivity contribution >= 4 is 28.4 Å². The van der Waals surface area contributed by atoms with Crippen molar-refractivity contribution in [2.45, 2.75) is 58.5 Å². The number of carboxylic acid groups (broad SMARTS) is 1. The molecular formula is C22H25N3O6S. The first kappa shape index (κ1) is 21.1. The smallest absolute Gasteiger partial charge is 0.449 e. The van der Waals surface area contributed by atoms with Crippen LogP contribution in [0.3, 0.4) is 0 Å². The van der Waals surface area contributed by atoms with Gasteiger partial charge >= 0.3 is 6.16 Å². The molecule has 1 fully saturated rings. The maximum Gasteiger partial charge on any atom is 0.511 e. The van der Waals surface area contributed by atoms with E-state index in [2.05, 4.69) is 15.5 Å². The summed E-state index contributed by atoms with van der Waals surface area (Å²) in [6.07, 6.45) is 2.73. The molecule has 3 heterocycles. The number of rotatable bonds is 5. The van der Waals surface area contributed by atoms with E-state index in [1.54, 1.807) is 0 Å². The van der Waals surface area contributed by atoms with Crippen LogP contribution in [-0.2, 0) is 27.3 Å². The number of carbonyl (C=O) groups is 2. The maximum atomic E-state index is 13.4. The zero-order valence-electron chi connectivity index (χ0n) is 18.0. The van der Waals surface area contributed by atoms with Crippen LogP contribution >= 0.6 is 11.3 Å². The number of allylic oxidation sites excluding steroid dienone is 1. The molecule has 2 bridgehead atoms. The van der Waals surface area contributed by atoms with Crippen molar-refractivity contribution in [2.24, 2.45) is 11.8 Å². The summed E-state index contributed by atoms with van der Waals surface area (Å²) in [6.45, 7) is 5.03. The molecule has 0 atom stereocenters. The van der Waals surface area contributed by atoms with Gasteiger partial charge in [-0.3, -0.25) is 4.79 Å². The van der Waals surface area contributed by atoms with Crippen molar-refractivity contribution < 1.29 is 28.7 Å². The molecule has 1 aliphatic heterocycles. The first-order chi connectivity index (χ1) is 15.4. The second-order valence-corrected chi connectivity index (χ2v) is 9.88. The van der Waals surface area contributed by atoms with E-state index in [4.69, 9.17) is 14.0 Å². The number of fused-ring (bicyclic) bond motifs is 3. The molecule has 3 aliphatic carbocycles. The first-order valence-corrected chi connectivity index (χ1v) is 11.8. The highest BCUT2D eigenvalue weighted by Crippen LogP contribution is 2.47. The maximum absolute atomic E-state index is 13.4. The third kappa shape index (κ3) is 3.71. The van der Waals surface area contributed by atoms with Gasteiger partial charge in [0.1, 0.15) is 10.8 Å². The van der Waals surface area contributed by atoms with Gasteiger partial charge in [0.15, 0.2) is 5.82 Å². The Bertz CT molecular complexity index is 1090. The van der Waals surface area contributed by atoms with Crippen LogP contribution in [0.2, 0.25) is 0 Å². The van der Waals surface area contributed by atoms with Crippen LogP contribution in [-0.4, -0.2) is 33.9 Å². The van der Waals surface area contributed by atoms with Gasteiger partial charge in [-0.15, -0.1) is 11.3 Å². The molecule has 0 aromatic carbocycles. The highest BCUT2D eigenvalue weighted by atomic mass is 32.1. The molecule has 6 rings (SSSR count). The number of carbonyl (C=O) groups excluding carboxylic acids is 1. The van der Waals surface area contributed by atoms with Gasteiger partial charge in [0.25, 0.3) is 11.8 Å². The second-order valence-electron chi connectivity index (χ2n) is 8.77. The Balaban J connectivity index is 1.53. The summed E-state index contributed by atoms with van der Waals surface area (Å²) < 4.78 is 16.3. The summed E-state index contributed by atoms with van der Waals surface area (Å²) in [6, 6.07) is 0. The molecular weight excluding hydrogens is 434 g/mol. The number of ether oxygens (including phenoxy) is 2. The van der Waals surface area contributed by atoms with E-state index in [0.717, 1.165) is 41.7 Å². The third-order valence-electron chi connectivity index (χ3n) is 6.43. The van der Waals surface area contributed by atoms with Crippen LogP contribution in [0.5, 0.6) is 0 Å².